The van der Waals surface area contributed by atoms with Gasteiger partial charge in [0.05, 0.1) is 20.3 Å². The van der Waals surface area contributed by atoms with Gasteiger partial charge in [-0.15, -0.1) is 12.4 Å². The molecule has 168 valence electrons. The number of carbonyl (C=O) groups excluding carboxylic acids is 1. The molecule has 0 atom stereocenters. The van der Waals surface area contributed by atoms with E-state index in [9.17, 15) is 4.79 Å². The summed E-state index contributed by atoms with van der Waals surface area (Å²) in [6.45, 7) is 2.99. The highest BCUT2D eigenvalue weighted by Gasteiger charge is 2.28. The maximum absolute atomic E-state index is 13.1. The van der Waals surface area contributed by atoms with E-state index in [1.54, 1.807) is 32.4 Å². The number of hydrogen-bond donors (Lipinski definition) is 0. The Balaban J connectivity index is 0.00000289. The lowest BCUT2D eigenvalue weighted by molar-refractivity contribution is 0.0597. The number of nitrogens with zero attached hydrogens (tertiary/aromatic N) is 2. The van der Waals surface area contributed by atoms with E-state index in [-0.39, 0.29) is 24.4 Å². The van der Waals surface area contributed by atoms with E-state index in [1.807, 2.05) is 17.0 Å². The predicted octanol–water partition coefficient (Wildman–Crippen LogP) is 4.67. The zero-order valence-corrected chi connectivity index (χ0v) is 19.3. The second-order valence-electron chi connectivity index (χ2n) is 7.62. The molecule has 1 heterocycles. The van der Waals surface area contributed by atoms with Gasteiger partial charge < -0.3 is 14.4 Å². The Morgan fingerprint density at radius 2 is 1.28 bits per heavy atom. The van der Waals surface area contributed by atoms with Crippen LogP contribution in [0.5, 0.6) is 11.5 Å². The van der Waals surface area contributed by atoms with Crippen LogP contribution in [-0.2, 0) is 0 Å². The predicted molar refractivity (Wildman–Crippen MR) is 129 cm³/mol. The summed E-state index contributed by atoms with van der Waals surface area (Å²) in [4.78, 5) is 17.5. The fourth-order valence-electron chi connectivity index (χ4n) is 4.22. The first-order chi connectivity index (χ1) is 15.2. The Morgan fingerprint density at radius 3 is 1.78 bits per heavy atom. The van der Waals surface area contributed by atoms with Crippen LogP contribution in [0.2, 0.25) is 0 Å². The first-order valence-electron chi connectivity index (χ1n) is 10.6. The van der Waals surface area contributed by atoms with Crippen molar-refractivity contribution in [2.75, 3.05) is 40.4 Å². The number of piperazine rings is 1. The monoisotopic (exact) mass is 452 g/mol. The molecule has 0 unspecified atom stereocenters. The van der Waals surface area contributed by atoms with Gasteiger partial charge in [-0.1, -0.05) is 60.7 Å². The van der Waals surface area contributed by atoms with E-state index in [0.717, 1.165) is 13.1 Å². The number of methoxy groups -OCH3 is 2. The summed E-state index contributed by atoms with van der Waals surface area (Å²) in [5.74, 6) is 1.22. The van der Waals surface area contributed by atoms with Gasteiger partial charge in [0, 0.05) is 31.7 Å². The quantitative estimate of drug-likeness (QED) is 0.545. The summed E-state index contributed by atoms with van der Waals surface area (Å²) in [7, 11) is 3.17. The molecule has 0 aliphatic carbocycles. The highest BCUT2D eigenvalue weighted by molar-refractivity contribution is 5.95. The average molecular weight is 453 g/mol. The lowest BCUT2D eigenvalue weighted by atomic mass is 9.96. The van der Waals surface area contributed by atoms with Crippen molar-refractivity contribution in [3.8, 4) is 11.5 Å². The molecule has 32 heavy (non-hydrogen) atoms. The summed E-state index contributed by atoms with van der Waals surface area (Å²) in [6, 6.07) is 26.7. The molecule has 0 radical (unpaired) electrons. The highest BCUT2D eigenvalue weighted by Crippen LogP contribution is 2.31. The van der Waals surface area contributed by atoms with Crippen LogP contribution in [0.4, 0.5) is 0 Å². The number of hydrogen-bond acceptors (Lipinski definition) is 4. The molecule has 0 bridgehead atoms. The molecule has 1 saturated heterocycles. The minimum atomic E-state index is 0. The van der Waals surface area contributed by atoms with Gasteiger partial charge in [-0.25, -0.2) is 0 Å². The van der Waals surface area contributed by atoms with Crippen molar-refractivity contribution in [1.29, 1.82) is 0 Å². The summed E-state index contributed by atoms with van der Waals surface area (Å²) in [6.07, 6.45) is 0. The molecule has 3 aromatic carbocycles. The topological polar surface area (TPSA) is 42.0 Å². The zero-order chi connectivity index (χ0) is 21.6. The standard InChI is InChI=1S/C26H28N2O3.ClH/c1-30-23-14-13-22(19-24(23)31-2)26(29)28-17-15-27(16-18-28)25(20-9-5-3-6-10-20)21-11-7-4-8-12-21;/h3-14,19,25H,15-18H2,1-2H3;1H. The van der Waals surface area contributed by atoms with Crippen LogP contribution in [-0.4, -0.2) is 56.1 Å². The summed E-state index contributed by atoms with van der Waals surface area (Å²) in [5.41, 5.74) is 3.16. The molecule has 1 aliphatic rings. The van der Waals surface area contributed by atoms with Crippen molar-refractivity contribution in [2.24, 2.45) is 0 Å². The Bertz CT molecular complexity index is 967. The van der Waals surface area contributed by atoms with E-state index in [0.29, 0.717) is 30.2 Å². The Labute approximate surface area is 196 Å². The van der Waals surface area contributed by atoms with Crippen molar-refractivity contribution >= 4 is 18.3 Å². The Morgan fingerprint density at radius 1 is 0.750 bits per heavy atom. The lowest BCUT2D eigenvalue weighted by Crippen LogP contribution is -2.49. The minimum absolute atomic E-state index is 0. The van der Waals surface area contributed by atoms with Gasteiger partial charge in [0.2, 0.25) is 0 Å². The van der Waals surface area contributed by atoms with Gasteiger partial charge in [0.1, 0.15) is 0 Å². The largest absolute Gasteiger partial charge is 0.493 e. The van der Waals surface area contributed by atoms with Gasteiger partial charge in [-0.2, -0.15) is 0 Å². The number of benzene rings is 3. The third-order valence-corrected chi connectivity index (χ3v) is 5.83. The van der Waals surface area contributed by atoms with Crippen LogP contribution in [0.15, 0.2) is 78.9 Å². The molecule has 4 rings (SSSR count). The number of amides is 1. The molecule has 1 fully saturated rings. The second kappa shape index (κ2) is 11.0. The van der Waals surface area contributed by atoms with Gasteiger partial charge >= 0.3 is 0 Å². The average Bonchev–Trinajstić information content (AvgIpc) is 2.85. The summed E-state index contributed by atoms with van der Waals surface area (Å²) in [5, 5.41) is 0. The molecule has 6 heteroatoms. The van der Waals surface area contributed by atoms with Crippen LogP contribution < -0.4 is 9.47 Å². The van der Waals surface area contributed by atoms with Gasteiger partial charge in [-0.3, -0.25) is 9.69 Å². The van der Waals surface area contributed by atoms with Crippen LogP contribution in [0.3, 0.4) is 0 Å². The molecule has 1 aliphatic heterocycles. The molecule has 0 aromatic heterocycles. The van der Waals surface area contributed by atoms with E-state index in [2.05, 4.69) is 53.4 Å². The normalized spacial score (nSPS) is 14.0. The minimum Gasteiger partial charge on any atom is -0.493 e. The molecule has 0 spiro atoms. The maximum atomic E-state index is 13.1. The first-order valence-corrected chi connectivity index (χ1v) is 10.6. The molecule has 0 N–H and O–H groups in total. The van der Waals surface area contributed by atoms with Gasteiger partial charge in [0.25, 0.3) is 5.91 Å². The smallest absolute Gasteiger partial charge is 0.254 e. The van der Waals surface area contributed by atoms with Crippen molar-refractivity contribution < 1.29 is 14.3 Å². The van der Waals surface area contributed by atoms with Crippen LogP contribution >= 0.6 is 12.4 Å². The highest BCUT2D eigenvalue weighted by atomic mass is 35.5. The van der Waals surface area contributed by atoms with Crippen LogP contribution in [0, 0.1) is 0 Å². The SMILES string of the molecule is COc1ccc(C(=O)N2CCN(C(c3ccccc3)c3ccccc3)CC2)cc1OC.Cl. The van der Waals surface area contributed by atoms with Crippen LogP contribution in [0.1, 0.15) is 27.5 Å². The van der Waals surface area contributed by atoms with E-state index < -0.39 is 0 Å². The van der Waals surface area contributed by atoms with E-state index >= 15 is 0 Å². The number of ether oxygens (including phenoxy) is 2. The summed E-state index contributed by atoms with van der Waals surface area (Å²) < 4.78 is 10.6. The molecule has 3 aromatic rings. The maximum Gasteiger partial charge on any atom is 0.254 e. The van der Waals surface area contributed by atoms with Crippen molar-refractivity contribution in [3.05, 3.63) is 95.6 Å². The molecular formula is C26H29ClN2O3. The number of carbonyl (C=O) groups is 1. The molecular weight excluding hydrogens is 424 g/mol. The van der Waals surface area contributed by atoms with Crippen molar-refractivity contribution in [2.45, 2.75) is 6.04 Å². The van der Waals surface area contributed by atoms with Crippen molar-refractivity contribution in [3.63, 3.8) is 0 Å². The zero-order valence-electron chi connectivity index (χ0n) is 18.4. The Hall–Kier alpha value is -3.02. The fourth-order valence-corrected chi connectivity index (χ4v) is 4.22. The third-order valence-electron chi connectivity index (χ3n) is 5.83. The van der Waals surface area contributed by atoms with Gasteiger partial charge in [0.15, 0.2) is 11.5 Å². The molecule has 5 nitrogen and oxygen atoms in total. The van der Waals surface area contributed by atoms with Crippen LogP contribution in [0.25, 0.3) is 0 Å². The van der Waals surface area contributed by atoms with E-state index in [1.165, 1.54) is 11.1 Å². The summed E-state index contributed by atoms with van der Waals surface area (Å²) >= 11 is 0. The fraction of sp³-hybridized carbons (Fsp3) is 0.269. The van der Waals surface area contributed by atoms with Gasteiger partial charge in [-0.05, 0) is 29.3 Å². The molecule has 0 saturated carbocycles. The van der Waals surface area contributed by atoms with E-state index in [4.69, 9.17) is 9.47 Å². The Kier molecular flexibility index (Phi) is 8.14. The number of halogens is 1. The molecule has 1 amide bonds. The third kappa shape index (κ3) is 5.06. The lowest BCUT2D eigenvalue weighted by Gasteiger charge is -2.39. The second-order valence-corrected chi connectivity index (χ2v) is 7.62. The van der Waals surface area contributed by atoms with Crippen molar-refractivity contribution in [1.82, 2.24) is 9.80 Å². The number of rotatable bonds is 6. The first kappa shape index (κ1) is 23.6.